The number of carboxylic acid groups (broad SMARTS) is 1. The quantitative estimate of drug-likeness (QED) is 0.224. The number of pyridine rings is 1. The maximum Gasteiger partial charge on any atom is 0.337 e. The first-order valence-electron chi connectivity index (χ1n) is 19.0. The molecule has 1 fully saturated rings. The summed E-state index contributed by atoms with van der Waals surface area (Å²) in [6.07, 6.45) is 5.77. The van der Waals surface area contributed by atoms with Gasteiger partial charge in [-0.05, 0) is 120 Å². The number of carbonyl (C=O) groups is 1. The third-order valence-electron chi connectivity index (χ3n) is 11.0. The average molecular weight is 711 g/mol. The van der Waals surface area contributed by atoms with Gasteiger partial charge in [-0.25, -0.2) is 14.8 Å². The Balaban J connectivity index is 1.41. The van der Waals surface area contributed by atoms with Crippen LogP contribution >= 0.6 is 11.3 Å². The first-order valence-corrected chi connectivity index (χ1v) is 19.8. The van der Waals surface area contributed by atoms with Crippen molar-refractivity contribution in [3.8, 4) is 27.6 Å². The molecule has 51 heavy (non-hydrogen) atoms. The zero-order chi connectivity index (χ0) is 36.0. The lowest BCUT2D eigenvalue weighted by Gasteiger charge is -2.45. The summed E-state index contributed by atoms with van der Waals surface area (Å²) in [5.41, 5.74) is 5.62. The Bertz CT molecular complexity index is 1900. The van der Waals surface area contributed by atoms with Crippen molar-refractivity contribution in [2.75, 3.05) is 31.1 Å². The number of nitrogens with zero attached hydrogens (tertiary/aromatic N) is 4. The number of aryl methyl sites for hydroxylation is 1. The van der Waals surface area contributed by atoms with Gasteiger partial charge in [-0.2, -0.15) is 0 Å². The van der Waals surface area contributed by atoms with Crippen molar-refractivity contribution < 1.29 is 19.4 Å². The fourth-order valence-electron chi connectivity index (χ4n) is 8.60. The van der Waals surface area contributed by atoms with Gasteiger partial charge in [-0.3, -0.25) is 4.90 Å². The number of hydrogen-bond acceptors (Lipinski definition) is 8. The summed E-state index contributed by atoms with van der Waals surface area (Å²) in [7, 11) is 0. The Morgan fingerprint density at radius 2 is 1.86 bits per heavy atom. The number of carboxylic acids is 1. The fourth-order valence-corrected chi connectivity index (χ4v) is 9.70. The summed E-state index contributed by atoms with van der Waals surface area (Å²) in [6.45, 7) is 18.5. The summed E-state index contributed by atoms with van der Waals surface area (Å²) < 4.78 is 13.5. The van der Waals surface area contributed by atoms with E-state index in [-0.39, 0.29) is 0 Å². The zero-order valence-electron chi connectivity index (χ0n) is 31.4. The van der Waals surface area contributed by atoms with E-state index in [4.69, 9.17) is 19.4 Å². The molecule has 8 bridgehead atoms. The maximum atomic E-state index is 13.0. The smallest absolute Gasteiger partial charge is 0.337 e. The SMILES string of the molecule is Cc1cc2nc3sc2c(c1[C@H](OC(C)(C)C)C(=O)O)-c1ccc2c(c1)C(CCCCC(C)CC1CN(CCN1C(C)C)c1cccc-3n1)CCO2. The van der Waals surface area contributed by atoms with Crippen molar-refractivity contribution in [3.63, 3.8) is 0 Å². The molecule has 4 aromatic rings. The molecule has 3 aliphatic rings. The largest absolute Gasteiger partial charge is 0.493 e. The van der Waals surface area contributed by atoms with Crippen molar-refractivity contribution in [2.24, 2.45) is 5.92 Å². The van der Waals surface area contributed by atoms with Crippen LogP contribution in [0.2, 0.25) is 0 Å². The number of hydrogen-bond donors (Lipinski definition) is 1. The normalized spacial score (nSPS) is 22.2. The van der Waals surface area contributed by atoms with Gasteiger partial charge < -0.3 is 19.5 Å². The van der Waals surface area contributed by atoms with Crippen LogP contribution in [-0.2, 0) is 9.53 Å². The van der Waals surface area contributed by atoms with Crippen LogP contribution in [0.3, 0.4) is 0 Å². The molecular weight excluding hydrogens is 657 g/mol. The second-order valence-electron chi connectivity index (χ2n) is 16.3. The van der Waals surface area contributed by atoms with Gasteiger partial charge in [0.15, 0.2) is 6.10 Å². The van der Waals surface area contributed by atoms with Crippen molar-refractivity contribution in [1.29, 1.82) is 0 Å². The molecule has 3 aliphatic heterocycles. The van der Waals surface area contributed by atoms with E-state index in [0.29, 0.717) is 29.5 Å². The second-order valence-corrected chi connectivity index (χ2v) is 17.3. The van der Waals surface area contributed by atoms with Crippen molar-refractivity contribution >= 4 is 33.3 Å². The Kier molecular flexibility index (Phi) is 10.2. The van der Waals surface area contributed by atoms with Crippen molar-refractivity contribution in [2.45, 2.75) is 117 Å². The van der Waals surface area contributed by atoms with Gasteiger partial charge in [0.1, 0.15) is 22.3 Å². The number of aromatic nitrogens is 2. The average Bonchev–Trinajstić information content (AvgIpc) is 3.51. The first-order chi connectivity index (χ1) is 24.4. The lowest BCUT2D eigenvalue weighted by Crippen LogP contribution is -2.56. The number of benzene rings is 2. The molecule has 0 radical (unpaired) electrons. The minimum atomic E-state index is -1.15. The van der Waals surface area contributed by atoms with Crippen LogP contribution in [0.25, 0.3) is 32.0 Å². The summed E-state index contributed by atoms with van der Waals surface area (Å²) >= 11 is 1.59. The van der Waals surface area contributed by atoms with Crippen LogP contribution in [-0.4, -0.2) is 69.9 Å². The molecule has 4 atom stereocenters. The number of aliphatic carboxylic acids is 1. The van der Waals surface area contributed by atoms with Crippen molar-refractivity contribution in [1.82, 2.24) is 14.9 Å². The lowest BCUT2D eigenvalue weighted by molar-refractivity contribution is -0.160. The van der Waals surface area contributed by atoms with Gasteiger partial charge in [0, 0.05) is 42.8 Å². The third-order valence-corrected chi connectivity index (χ3v) is 12.1. The van der Waals surface area contributed by atoms with Gasteiger partial charge >= 0.3 is 5.97 Å². The van der Waals surface area contributed by atoms with E-state index in [0.717, 1.165) is 88.3 Å². The molecule has 2 aromatic carbocycles. The molecule has 0 amide bonds. The van der Waals surface area contributed by atoms with Crippen LogP contribution in [0.5, 0.6) is 5.75 Å². The highest BCUT2D eigenvalue weighted by atomic mass is 32.1. The standard InChI is InChI=1S/C42H54N4O4S/c1-25(2)46-19-18-45-24-30(46)21-26(3)11-8-9-12-28-17-20-49-34-16-15-29(23-31(28)34)37-36(38(41(47)48)50-42(5,6)7)27(4)22-33-39(37)51-40(44-33)32-13-10-14-35(45)43-32/h10,13-16,22-23,25-26,28,30,38H,8-9,11-12,17-21,24H2,1-7H3,(H,47,48)/t26?,28?,30?,38-/m0/s1. The summed E-state index contributed by atoms with van der Waals surface area (Å²) in [5, 5.41) is 11.5. The topological polar surface area (TPSA) is 88.0 Å². The Morgan fingerprint density at radius 1 is 1.06 bits per heavy atom. The Hall–Kier alpha value is -3.53. The number of thiazole rings is 1. The molecule has 272 valence electrons. The third kappa shape index (κ3) is 7.53. The molecular formula is C42H54N4O4S. The van der Waals surface area contributed by atoms with Gasteiger partial charge in [-0.1, -0.05) is 38.3 Å². The van der Waals surface area contributed by atoms with Crippen LogP contribution < -0.4 is 9.64 Å². The van der Waals surface area contributed by atoms with Crippen LogP contribution in [0.4, 0.5) is 5.82 Å². The predicted molar refractivity (Wildman–Crippen MR) is 207 cm³/mol. The van der Waals surface area contributed by atoms with E-state index in [1.54, 1.807) is 11.3 Å². The molecule has 8 nitrogen and oxygen atoms in total. The summed E-state index contributed by atoms with van der Waals surface area (Å²) in [5.74, 6) is 1.97. The fraction of sp³-hybridized carbons (Fsp3) is 0.548. The molecule has 0 spiro atoms. The maximum absolute atomic E-state index is 13.0. The van der Waals surface area contributed by atoms with Gasteiger partial charge in [0.2, 0.25) is 0 Å². The highest BCUT2D eigenvalue weighted by molar-refractivity contribution is 7.22. The van der Waals surface area contributed by atoms with Crippen molar-refractivity contribution in [3.05, 3.63) is 59.2 Å². The number of fused-ring (bicyclic) bond motifs is 9. The van der Waals surface area contributed by atoms with E-state index in [1.165, 1.54) is 31.2 Å². The van der Waals surface area contributed by atoms with Crippen LogP contribution in [0.1, 0.15) is 109 Å². The molecule has 1 saturated heterocycles. The molecule has 1 N–H and O–H groups in total. The molecule has 3 unspecified atom stereocenters. The number of rotatable bonds is 4. The van der Waals surface area contributed by atoms with Gasteiger partial charge in [0.25, 0.3) is 0 Å². The summed E-state index contributed by atoms with van der Waals surface area (Å²) in [6, 6.07) is 15.7. The van der Waals surface area contributed by atoms with E-state index in [9.17, 15) is 9.90 Å². The highest BCUT2D eigenvalue weighted by Crippen LogP contribution is 2.47. The molecule has 0 saturated carbocycles. The van der Waals surface area contributed by atoms with Crippen LogP contribution in [0.15, 0.2) is 42.5 Å². The highest BCUT2D eigenvalue weighted by Gasteiger charge is 2.34. The summed E-state index contributed by atoms with van der Waals surface area (Å²) in [4.78, 5) is 28.6. The van der Waals surface area contributed by atoms with E-state index in [1.807, 2.05) is 39.8 Å². The monoisotopic (exact) mass is 710 g/mol. The number of anilines is 1. The zero-order valence-corrected chi connectivity index (χ0v) is 32.2. The van der Waals surface area contributed by atoms with E-state index in [2.05, 4.69) is 60.9 Å². The first kappa shape index (κ1) is 35.9. The van der Waals surface area contributed by atoms with Gasteiger partial charge in [0.05, 0.1) is 22.4 Å². The Morgan fingerprint density at radius 3 is 2.63 bits per heavy atom. The molecule has 0 aliphatic carbocycles. The minimum Gasteiger partial charge on any atom is -0.493 e. The molecule has 9 heteroatoms. The second kappa shape index (κ2) is 14.5. The van der Waals surface area contributed by atoms with Gasteiger partial charge in [-0.15, -0.1) is 11.3 Å². The number of ether oxygens (including phenoxy) is 2. The molecule has 5 heterocycles. The van der Waals surface area contributed by atoms with Crippen LogP contribution in [0, 0.1) is 12.8 Å². The van der Waals surface area contributed by atoms with E-state index < -0.39 is 17.7 Å². The Labute approximate surface area is 307 Å². The predicted octanol–water partition coefficient (Wildman–Crippen LogP) is 9.64. The minimum absolute atomic E-state index is 0.395. The molecule has 7 rings (SSSR count). The van der Waals surface area contributed by atoms with E-state index >= 15 is 0 Å². The lowest BCUT2D eigenvalue weighted by atomic mass is 9.84. The molecule has 2 aromatic heterocycles. The number of piperazine rings is 1.